The summed E-state index contributed by atoms with van der Waals surface area (Å²) < 4.78 is 6.03. The Kier molecular flexibility index (Phi) is 5.21. The van der Waals surface area contributed by atoms with Crippen LogP contribution in [0.2, 0.25) is 0 Å². The number of amides is 1. The van der Waals surface area contributed by atoms with E-state index < -0.39 is 16.8 Å². The number of aromatic nitrogens is 2. The van der Waals surface area contributed by atoms with Crippen LogP contribution in [0, 0.1) is 37.8 Å². The minimum Gasteiger partial charge on any atom is -0.465 e. The lowest BCUT2D eigenvalue weighted by molar-refractivity contribution is -0.386. The molecule has 2 aromatic heterocycles. The number of nitro groups is 1. The monoisotopic (exact) mass is 366 g/mol. The van der Waals surface area contributed by atoms with Crippen LogP contribution in [0.25, 0.3) is 0 Å². The van der Waals surface area contributed by atoms with Gasteiger partial charge >= 0.3 is 11.7 Å². The molecule has 0 fully saturated rings. The third-order valence-corrected chi connectivity index (χ3v) is 4.97. The number of ether oxygens (including phenoxy) is 1. The molecule has 0 aliphatic rings. The lowest BCUT2D eigenvalue weighted by Crippen LogP contribution is -2.21. The van der Waals surface area contributed by atoms with E-state index in [2.05, 4.69) is 10.4 Å². The quantitative estimate of drug-likeness (QED) is 0.494. The van der Waals surface area contributed by atoms with Crippen LogP contribution in [0.4, 0.5) is 10.7 Å². The molecule has 2 heterocycles. The maximum absolute atomic E-state index is 12.3. The van der Waals surface area contributed by atoms with E-state index in [1.807, 2.05) is 6.92 Å². The molecule has 0 aliphatic heterocycles. The fourth-order valence-electron chi connectivity index (χ4n) is 2.47. The van der Waals surface area contributed by atoms with Gasteiger partial charge in [0.1, 0.15) is 22.9 Å². The van der Waals surface area contributed by atoms with Gasteiger partial charge in [0.05, 0.1) is 17.6 Å². The zero-order valence-electron chi connectivity index (χ0n) is 14.5. The molecular formula is C15H18N4O5S. The van der Waals surface area contributed by atoms with Crippen molar-refractivity contribution in [3.05, 3.63) is 37.5 Å². The number of methoxy groups -OCH3 is 1. The molecule has 25 heavy (non-hydrogen) atoms. The summed E-state index contributed by atoms with van der Waals surface area (Å²) in [6.07, 6.45) is 0. The number of carbonyl (C=O) groups is 2. The highest BCUT2D eigenvalue weighted by molar-refractivity contribution is 7.16. The number of nitrogens with zero attached hydrogens (tertiary/aromatic N) is 3. The summed E-state index contributed by atoms with van der Waals surface area (Å²) in [7, 11) is 1.27. The van der Waals surface area contributed by atoms with Crippen LogP contribution in [-0.4, -0.2) is 33.7 Å². The highest BCUT2D eigenvalue weighted by atomic mass is 32.1. The Balaban J connectivity index is 2.25. The van der Waals surface area contributed by atoms with Gasteiger partial charge in [-0.1, -0.05) is 0 Å². The van der Waals surface area contributed by atoms with Gasteiger partial charge in [0.2, 0.25) is 5.91 Å². The summed E-state index contributed by atoms with van der Waals surface area (Å²) in [6, 6.07) is 0. The molecule has 0 radical (unpaired) electrons. The zero-order valence-corrected chi connectivity index (χ0v) is 15.3. The van der Waals surface area contributed by atoms with Gasteiger partial charge in [0, 0.05) is 4.88 Å². The van der Waals surface area contributed by atoms with Crippen molar-refractivity contribution in [3.8, 4) is 0 Å². The Bertz CT molecular complexity index is 868. The summed E-state index contributed by atoms with van der Waals surface area (Å²) in [5, 5.41) is 18.1. The van der Waals surface area contributed by atoms with Crippen molar-refractivity contribution >= 4 is 33.9 Å². The first-order valence-corrected chi connectivity index (χ1v) is 8.15. The van der Waals surface area contributed by atoms with Gasteiger partial charge in [-0.3, -0.25) is 19.6 Å². The molecule has 10 heteroatoms. The first-order chi connectivity index (χ1) is 11.7. The lowest BCUT2D eigenvalue weighted by atomic mass is 10.1. The molecule has 0 bridgehead atoms. The van der Waals surface area contributed by atoms with E-state index in [0.29, 0.717) is 16.3 Å². The minimum absolute atomic E-state index is 0.106. The first kappa shape index (κ1) is 18.6. The number of rotatable bonds is 5. The number of hydrogen-bond donors (Lipinski definition) is 1. The van der Waals surface area contributed by atoms with E-state index in [1.54, 1.807) is 6.92 Å². The molecule has 9 nitrogen and oxygen atoms in total. The van der Waals surface area contributed by atoms with Crippen LogP contribution in [0.1, 0.15) is 32.2 Å². The maximum Gasteiger partial charge on any atom is 0.341 e. The van der Waals surface area contributed by atoms with E-state index in [1.165, 1.54) is 37.0 Å². The molecular weight excluding hydrogens is 348 g/mol. The predicted molar refractivity (Wildman–Crippen MR) is 92.1 cm³/mol. The molecule has 134 valence electrons. The van der Waals surface area contributed by atoms with Crippen molar-refractivity contribution in [2.24, 2.45) is 0 Å². The van der Waals surface area contributed by atoms with Crippen molar-refractivity contribution in [2.45, 2.75) is 34.2 Å². The highest BCUT2D eigenvalue weighted by Gasteiger charge is 2.25. The first-order valence-electron chi connectivity index (χ1n) is 7.33. The molecule has 0 unspecified atom stereocenters. The molecule has 0 atom stereocenters. The van der Waals surface area contributed by atoms with Crippen molar-refractivity contribution < 1.29 is 19.2 Å². The predicted octanol–water partition coefficient (Wildman–Crippen LogP) is 2.51. The molecule has 0 saturated carbocycles. The highest BCUT2D eigenvalue weighted by Crippen LogP contribution is 2.33. The molecule has 2 aromatic rings. The topological polar surface area (TPSA) is 116 Å². The van der Waals surface area contributed by atoms with E-state index >= 15 is 0 Å². The Hall–Kier alpha value is -2.75. The van der Waals surface area contributed by atoms with Gasteiger partial charge in [-0.15, -0.1) is 11.3 Å². The smallest absolute Gasteiger partial charge is 0.341 e. The average Bonchev–Trinajstić information content (AvgIpc) is 2.95. The number of anilines is 1. The Morgan fingerprint density at radius 1 is 1.32 bits per heavy atom. The molecule has 1 amide bonds. The van der Waals surface area contributed by atoms with E-state index in [4.69, 9.17) is 4.74 Å². The fourth-order valence-corrected chi connectivity index (χ4v) is 3.54. The van der Waals surface area contributed by atoms with Crippen molar-refractivity contribution in [2.75, 3.05) is 12.4 Å². The normalized spacial score (nSPS) is 10.6. The fraction of sp³-hybridized carbons (Fsp3) is 0.400. The van der Waals surface area contributed by atoms with Crippen LogP contribution in [0.15, 0.2) is 0 Å². The number of hydrogen-bond acceptors (Lipinski definition) is 7. The summed E-state index contributed by atoms with van der Waals surface area (Å²) in [5.74, 6) is -0.967. The molecule has 2 rings (SSSR count). The number of aryl methyl sites for hydroxylation is 2. The second kappa shape index (κ2) is 7.01. The molecule has 0 aromatic carbocycles. The van der Waals surface area contributed by atoms with Gasteiger partial charge in [0.25, 0.3) is 0 Å². The van der Waals surface area contributed by atoms with Gasteiger partial charge in [0.15, 0.2) is 0 Å². The summed E-state index contributed by atoms with van der Waals surface area (Å²) in [6.45, 7) is 6.47. The third-order valence-electron chi connectivity index (χ3n) is 3.85. The Labute approximate surface area is 147 Å². The SMILES string of the molecule is COC(=O)c1c(NC(=O)Cn2nc(C)c([N+](=O)[O-])c2C)sc(C)c1C. The summed E-state index contributed by atoms with van der Waals surface area (Å²) >= 11 is 1.27. The number of carbonyl (C=O) groups excluding carboxylic acids is 2. The van der Waals surface area contributed by atoms with Crippen molar-refractivity contribution in [1.29, 1.82) is 0 Å². The van der Waals surface area contributed by atoms with Gasteiger partial charge in [-0.2, -0.15) is 5.10 Å². The molecule has 0 aliphatic carbocycles. The van der Waals surface area contributed by atoms with Crippen molar-refractivity contribution in [3.63, 3.8) is 0 Å². The van der Waals surface area contributed by atoms with E-state index in [9.17, 15) is 19.7 Å². The number of nitrogens with one attached hydrogen (secondary N) is 1. The maximum atomic E-state index is 12.3. The standard InChI is InChI=1S/C15H18N4O5S/c1-7-10(4)25-14(12(7)15(21)24-5)16-11(20)6-18-9(3)13(19(22)23)8(2)17-18/h6H2,1-5H3,(H,16,20). The van der Waals surface area contributed by atoms with E-state index in [-0.39, 0.29) is 17.9 Å². The average molecular weight is 366 g/mol. The summed E-state index contributed by atoms with van der Waals surface area (Å²) in [5.41, 5.74) is 1.50. The number of esters is 1. The van der Waals surface area contributed by atoms with Crippen LogP contribution in [0.3, 0.4) is 0 Å². The van der Waals surface area contributed by atoms with Crippen molar-refractivity contribution in [1.82, 2.24) is 9.78 Å². The Morgan fingerprint density at radius 3 is 2.48 bits per heavy atom. The minimum atomic E-state index is -0.529. The zero-order chi connectivity index (χ0) is 18.9. The number of thiophene rings is 1. The van der Waals surface area contributed by atoms with Crippen LogP contribution in [-0.2, 0) is 16.1 Å². The van der Waals surface area contributed by atoms with E-state index in [0.717, 1.165) is 10.4 Å². The van der Waals surface area contributed by atoms with Crippen LogP contribution in [0.5, 0.6) is 0 Å². The molecule has 1 N–H and O–H groups in total. The van der Waals surface area contributed by atoms with Crippen LogP contribution >= 0.6 is 11.3 Å². The van der Waals surface area contributed by atoms with Gasteiger partial charge in [-0.05, 0) is 33.3 Å². The van der Waals surface area contributed by atoms with Gasteiger partial charge < -0.3 is 10.1 Å². The second-order valence-corrected chi connectivity index (χ2v) is 6.69. The molecule has 0 spiro atoms. The lowest BCUT2D eigenvalue weighted by Gasteiger charge is -2.07. The Morgan fingerprint density at radius 2 is 1.96 bits per heavy atom. The summed E-state index contributed by atoms with van der Waals surface area (Å²) in [4.78, 5) is 35.6. The third kappa shape index (κ3) is 3.53. The largest absolute Gasteiger partial charge is 0.465 e. The van der Waals surface area contributed by atoms with Crippen LogP contribution < -0.4 is 5.32 Å². The second-order valence-electron chi connectivity index (χ2n) is 5.46. The molecule has 0 saturated heterocycles. The van der Waals surface area contributed by atoms with Gasteiger partial charge in [-0.25, -0.2) is 4.79 Å².